The van der Waals surface area contributed by atoms with Crippen LogP contribution in [0.25, 0.3) is 11.3 Å². The number of hydrogen-bond donors (Lipinski definition) is 3. The number of benzene rings is 3. The first kappa shape index (κ1) is 32.7. The van der Waals surface area contributed by atoms with E-state index >= 15 is 0 Å². The number of morpholine rings is 1. The van der Waals surface area contributed by atoms with Gasteiger partial charge in [-0.15, -0.1) is 0 Å². The topological polar surface area (TPSA) is 111 Å². The Morgan fingerprint density at radius 2 is 1.67 bits per heavy atom. The second kappa shape index (κ2) is 13.4. The SMILES string of the molecule is C/C(=C(\Nc1ccc2c(c1)CCN2C(=O)CN1CC(C)OC(C)C1)c1ccc(C(F)(F)F)cc1)c1ccc(C(=O)O)cc1NC=O. The number of hydrogen-bond acceptors (Lipinski definition) is 6. The van der Waals surface area contributed by atoms with Crippen LogP contribution in [0.1, 0.15) is 53.4 Å². The number of anilines is 3. The normalized spacial score (nSPS) is 18.9. The predicted molar refractivity (Wildman–Crippen MR) is 170 cm³/mol. The van der Waals surface area contributed by atoms with Crippen molar-refractivity contribution in [2.45, 2.75) is 45.6 Å². The van der Waals surface area contributed by atoms with Crippen molar-refractivity contribution in [3.8, 4) is 0 Å². The number of alkyl halides is 3. The average molecular weight is 637 g/mol. The van der Waals surface area contributed by atoms with Gasteiger partial charge in [0.2, 0.25) is 12.3 Å². The van der Waals surface area contributed by atoms with Crippen molar-refractivity contribution in [3.05, 3.63) is 88.5 Å². The van der Waals surface area contributed by atoms with Gasteiger partial charge in [0, 0.05) is 48.0 Å². The van der Waals surface area contributed by atoms with Crippen molar-refractivity contribution in [1.82, 2.24) is 4.90 Å². The molecule has 0 spiro atoms. The maximum absolute atomic E-state index is 13.4. The fourth-order valence-corrected chi connectivity index (χ4v) is 6.10. The van der Waals surface area contributed by atoms with Crippen molar-refractivity contribution in [1.29, 1.82) is 0 Å². The predicted octanol–water partition coefficient (Wildman–Crippen LogP) is 5.97. The lowest BCUT2D eigenvalue weighted by Gasteiger charge is -2.35. The first-order chi connectivity index (χ1) is 21.8. The van der Waals surface area contributed by atoms with Gasteiger partial charge in [-0.2, -0.15) is 13.2 Å². The quantitative estimate of drug-likeness (QED) is 0.196. The van der Waals surface area contributed by atoms with E-state index < -0.39 is 17.7 Å². The summed E-state index contributed by atoms with van der Waals surface area (Å²) in [6.45, 7) is 7.90. The molecular formula is C34H35F3N4O5. The number of carboxylic acid groups (broad SMARTS) is 1. The molecule has 1 saturated heterocycles. The first-order valence-electron chi connectivity index (χ1n) is 14.9. The minimum atomic E-state index is -4.51. The molecule has 2 atom stereocenters. The molecule has 9 nitrogen and oxygen atoms in total. The summed E-state index contributed by atoms with van der Waals surface area (Å²) >= 11 is 0. The molecule has 3 aromatic carbocycles. The number of halogens is 3. The molecule has 3 aromatic rings. The van der Waals surface area contributed by atoms with Crippen LogP contribution in [0.2, 0.25) is 0 Å². The third-order valence-corrected chi connectivity index (χ3v) is 8.16. The van der Waals surface area contributed by atoms with Gasteiger partial charge < -0.3 is 25.4 Å². The molecule has 1 fully saturated rings. The van der Waals surface area contributed by atoms with Gasteiger partial charge in [0.05, 0.1) is 29.9 Å². The highest BCUT2D eigenvalue weighted by atomic mass is 19.4. The number of nitrogens with one attached hydrogen (secondary N) is 2. The average Bonchev–Trinajstić information content (AvgIpc) is 3.42. The van der Waals surface area contributed by atoms with Crippen LogP contribution in [0, 0.1) is 0 Å². The summed E-state index contributed by atoms with van der Waals surface area (Å²) < 4.78 is 45.9. The molecular weight excluding hydrogens is 601 g/mol. The van der Waals surface area contributed by atoms with Crippen LogP contribution in [-0.4, -0.2) is 66.7 Å². The summed E-state index contributed by atoms with van der Waals surface area (Å²) in [4.78, 5) is 40.1. The number of ether oxygens (including phenoxy) is 1. The molecule has 0 bridgehead atoms. The number of allylic oxidation sites excluding steroid dienone is 1. The second-order valence-corrected chi connectivity index (χ2v) is 11.6. The van der Waals surface area contributed by atoms with Crippen LogP contribution in [-0.2, 0) is 26.9 Å². The lowest BCUT2D eigenvalue weighted by atomic mass is 9.96. The number of carbonyl (C=O) groups is 3. The summed E-state index contributed by atoms with van der Waals surface area (Å²) in [6, 6.07) is 14.5. The Balaban J connectivity index is 1.47. The van der Waals surface area contributed by atoms with Gasteiger partial charge in [-0.1, -0.05) is 18.2 Å². The highest BCUT2D eigenvalue weighted by Crippen LogP contribution is 2.37. The fourth-order valence-electron chi connectivity index (χ4n) is 6.10. The summed E-state index contributed by atoms with van der Waals surface area (Å²) in [5.74, 6) is -1.18. The molecule has 3 N–H and O–H groups in total. The highest BCUT2D eigenvalue weighted by Gasteiger charge is 2.31. The molecule has 12 heteroatoms. The van der Waals surface area contributed by atoms with Crippen molar-refractivity contribution >= 4 is 46.6 Å². The van der Waals surface area contributed by atoms with Crippen LogP contribution >= 0.6 is 0 Å². The van der Waals surface area contributed by atoms with Gasteiger partial charge in [0.15, 0.2) is 0 Å². The van der Waals surface area contributed by atoms with Gasteiger partial charge in [-0.25, -0.2) is 4.79 Å². The molecule has 2 amide bonds. The zero-order valence-electron chi connectivity index (χ0n) is 25.6. The molecule has 0 saturated carbocycles. The van der Waals surface area contributed by atoms with E-state index in [9.17, 15) is 32.7 Å². The Bertz CT molecular complexity index is 1660. The minimum Gasteiger partial charge on any atom is -0.478 e. The fraction of sp³-hybridized carbons (Fsp3) is 0.324. The third kappa shape index (κ3) is 7.24. The third-order valence-electron chi connectivity index (χ3n) is 8.16. The molecule has 2 aliphatic rings. The van der Waals surface area contributed by atoms with E-state index in [-0.39, 0.29) is 35.9 Å². The summed E-state index contributed by atoms with van der Waals surface area (Å²) in [7, 11) is 0. The number of fused-ring (bicyclic) bond motifs is 1. The summed E-state index contributed by atoms with van der Waals surface area (Å²) in [5.41, 5.74) is 3.70. The minimum absolute atomic E-state index is 0.00181. The van der Waals surface area contributed by atoms with Crippen LogP contribution in [0.5, 0.6) is 0 Å². The highest BCUT2D eigenvalue weighted by molar-refractivity contribution is 6.01. The van der Waals surface area contributed by atoms with E-state index in [4.69, 9.17) is 4.74 Å². The molecule has 5 rings (SSSR count). The van der Waals surface area contributed by atoms with Crippen LogP contribution in [0.15, 0.2) is 60.7 Å². The number of aromatic carboxylic acids is 1. The zero-order chi connectivity index (χ0) is 33.2. The number of rotatable bonds is 9. The van der Waals surface area contributed by atoms with E-state index in [1.165, 1.54) is 24.3 Å². The van der Waals surface area contributed by atoms with Gasteiger partial charge in [0.25, 0.3) is 0 Å². The molecule has 0 aromatic heterocycles. The molecule has 2 unspecified atom stereocenters. The van der Waals surface area contributed by atoms with Gasteiger partial charge in [-0.05, 0) is 86.4 Å². The van der Waals surface area contributed by atoms with Crippen molar-refractivity contribution < 1.29 is 37.4 Å². The Kier molecular flexibility index (Phi) is 9.50. The van der Waals surface area contributed by atoms with Crippen LogP contribution in [0.3, 0.4) is 0 Å². The van der Waals surface area contributed by atoms with Crippen molar-refractivity contribution in [3.63, 3.8) is 0 Å². The molecule has 2 aliphatic heterocycles. The van der Waals surface area contributed by atoms with Crippen LogP contribution in [0.4, 0.5) is 30.2 Å². The smallest absolute Gasteiger partial charge is 0.416 e. The number of carboxylic acids is 1. The van der Waals surface area contributed by atoms with E-state index in [1.54, 1.807) is 24.0 Å². The lowest BCUT2D eigenvalue weighted by Crippen LogP contribution is -2.49. The Morgan fingerprint density at radius 3 is 2.30 bits per heavy atom. The Hall–Kier alpha value is -4.68. The molecule has 0 radical (unpaired) electrons. The number of amides is 2. The van der Waals surface area contributed by atoms with E-state index in [0.717, 1.165) is 23.4 Å². The first-order valence-corrected chi connectivity index (χ1v) is 14.9. The zero-order valence-corrected chi connectivity index (χ0v) is 25.6. The maximum Gasteiger partial charge on any atom is 0.416 e. The van der Waals surface area contributed by atoms with E-state index in [0.29, 0.717) is 60.5 Å². The van der Waals surface area contributed by atoms with E-state index in [1.807, 2.05) is 26.0 Å². The van der Waals surface area contributed by atoms with E-state index in [2.05, 4.69) is 15.5 Å². The standard InChI is InChI=1S/C34H35F3N4O5/c1-20-16-40(17-21(2)46-20)18-31(43)41-13-12-24-14-27(9-11-30(24)41)39-32(23-4-7-26(8-5-23)34(35,36)37)22(3)28-10-6-25(33(44)45)15-29(28)38-19-42/h4-11,14-15,19-21,39H,12-13,16-18H2,1-3H3,(H,38,42)(H,44,45)/b32-22+. The van der Waals surface area contributed by atoms with Gasteiger partial charge >= 0.3 is 12.1 Å². The second-order valence-electron chi connectivity index (χ2n) is 11.6. The van der Waals surface area contributed by atoms with Crippen LogP contribution < -0.4 is 15.5 Å². The molecule has 46 heavy (non-hydrogen) atoms. The summed E-state index contributed by atoms with van der Waals surface area (Å²) in [5, 5.41) is 15.3. The van der Waals surface area contributed by atoms with Gasteiger partial charge in [-0.3, -0.25) is 14.5 Å². The van der Waals surface area contributed by atoms with Crippen molar-refractivity contribution in [2.75, 3.05) is 41.7 Å². The Morgan fingerprint density at radius 1 is 1.00 bits per heavy atom. The lowest BCUT2D eigenvalue weighted by molar-refractivity contribution is -0.137. The maximum atomic E-state index is 13.4. The summed E-state index contributed by atoms with van der Waals surface area (Å²) in [6.07, 6.45) is -3.36. The number of nitrogens with zero attached hydrogens (tertiary/aromatic N) is 2. The monoisotopic (exact) mass is 636 g/mol. The molecule has 0 aliphatic carbocycles. The molecule has 2 heterocycles. The van der Waals surface area contributed by atoms with Gasteiger partial charge in [0.1, 0.15) is 0 Å². The largest absolute Gasteiger partial charge is 0.478 e. The Labute approximate surface area is 264 Å². The number of carbonyl (C=O) groups excluding carboxylic acids is 2. The molecule has 242 valence electrons. The van der Waals surface area contributed by atoms with Crippen molar-refractivity contribution in [2.24, 2.45) is 0 Å².